The number of benzene rings is 1. The zero-order valence-corrected chi connectivity index (χ0v) is 14.8. The van der Waals surface area contributed by atoms with E-state index in [4.69, 9.17) is 11.6 Å². The number of aromatic nitrogens is 3. The Bertz CT molecular complexity index is 659. The first-order valence-corrected chi connectivity index (χ1v) is 8.78. The summed E-state index contributed by atoms with van der Waals surface area (Å²) in [4.78, 5) is 3.97. The molecule has 4 atom stereocenters. The summed E-state index contributed by atoms with van der Waals surface area (Å²) in [7, 11) is 0. The molecular formula is C18H24ClN3O2. The third-order valence-corrected chi connectivity index (χ3v) is 5.60. The maximum atomic E-state index is 11.6. The van der Waals surface area contributed by atoms with E-state index in [-0.39, 0.29) is 11.8 Å². The lowest BCUT2D eigenvalue weighted by atomic mass is 9.75. The molecule has 6 heteroatoms. The highest BCUT2D eigenvalue weighted by Gasteiger charge is 2.53. The predicted molar refractivity (Wildman–Crippen MR) is 92.4 cm³/mol. The van der Waals surface area contributed by atoms with Crippen molar-refractivity contribution < 1.29 is 10.2 Å². The van der Waals surface area contributed by atoms with Crippen molar-refractivity contribution in [2.24, 2.45) is 17.8 Å². The molecule has 0 bridgehead atoms. The molecule has 130 valence electrons. The van der Waals surface area contributed by atoms with Crippen molar-refractivity contribution in [2.45, 2.75) is 44.9 Å². The molecule has 24 heavy (non-hydrogen) atoms. The molecule has 1 aromatic carbocycles. The molecule has 0 saturated heterocycles. The Hall–Kier alpha value is -1.43. The van der Waals surface area contributed by atoms with Crippen molar-refractivity contribution >= 4 is 11.6 Å². The summed E-state index contributed by atoms with van der Waals surface area (Å²) in [5.41, 5.74) is -0.244. The Morgan fingerprint density at radius 1 is 1.25 bits per heavy atom. The monoisotopic (exact) mass is 349 g/mol. The second kappa shape index (κ2) is 6.82. The quantitative estimate of drug-likeness (QED) is 0.870. The number of nitrogens with zero attached hydrogens (tertiary/aromatic N) is 3. The van der Waals surface area contributed by atoms with Crippen LogP contribution < -0.4 is 0 Å². The van der Waals surface area contributed by atoms with Crippen LogP contribution in [0.2, 0.25) is 5.02 Å². The summed E-state index contributed by atoms with van der Waals surface area (Å²) in [6.45, 7) is 4.58. The highest BCUT2D eigenvalue weighted by molar-refractivity contribution is 6.30. The van der Waals surface area contributed by atoms with Gasteiger partial charge in [-0.3, -0.25) is 4.68 Å². The van der Waals surface area contributed by atoms with Crippen LogP contribution in [0.25, 0.3) is 0 Å². The summed E-state index contributed by atoms with van der Waals surface area (Å²) < 4.78 is 1.66. The van der Waals surface area contributed by atoms with Gasteiger partial charge in [-0.05, 0) is 42.4 Å². The highest BCUT2D eigenvalue weighted by Crippen LogP contribution is 2.50. The largest absolute Gasteiger partial charge is 0.388 e. The van der Waals surface area contributed by atoms with Crippen molar-refractivity contribution in [3.05, 3.63) is 47.5 Å². The molecule has 0 aliphatic heterocycles. The van der Waals surface area contributed by atoms with Crippen LogP contribution in [0, 0.1) is 17.8 Å². The smallest absolute Gasteiger partial charge is 0.137 e. The van der Waals surface area contributed by atoms with Crippen molar-refractivity contribution in [1.29, 1.82) is 0 Å². The molecule has 1 aliphatic carbocycles. The van der Waals surface area contributed by atoms with Crippen molar-refractivity contribution in [2.75, 3.05) is 0 Å². The predicted octanol–water partition coefficient (Wildman–Crippen LogP) is 3.08. The van der Waals surface area contributed by atoms with Crippen LogP contribution in [0.4, 0.5) is 0 Å². The van der Waals surface area contributed by atoms with Gasteiger partial charge < -0.3 is 10.2 Å². The Balaban J connectivity index is 1.91. The van der Waals surface area contributed by atoms with Crippen LogP contribution in [0.5, 0.6) is 0 Å². The van der Waals surface area contributed by atoms with E-state index in [2.05, 4.69) is 23.9 Å². The van der Waals surface area contributed by atoms with Crippen LogP contribution in [-0.2, 0) is 6.54 Å². The van der Waals surface area contributed by atoms with Gasteiger partial charge in [0.25, 0.3) is 0 Å². The second-order valence-electron chi connectivity index (χ2n) is 7.12. The third-order valence-electron chi connectivity index (χ3n) is 5.35. The average Bonchev–Trinajstić information content (AvgIpc) is 3.15. The molecule has 2 aromatic rings. The SMILES string of the molecule is CC(C)C1CCC(C(O)c2ccc(Cl)cc2)C1(O)Cn1cncn1. The van der Waals surface area contributed by atoms with Crippen LogP contribution in [0.1, 0.15) is 38.4 Å². The minimum absolute atomic E-state index is 0.105. The topological polar surface area (TPSA) is 71.2 Å². The standard InChI is InChI=1S/C18H24ClN3O2/c1-12(2)15-7-8-16(17(23)13-3-5-14(19)6-4-13)18(15,24)9-22-11-20-10-21-22/h3-6,10-12,15-17,23-24H,7-9H2,1-2H3. The van der Waals surface area contributed by atoms with E-state index >= 15 is 0 Å². The van der Waals surface area contributed by atoms with E-state index in [0.717, 1.165) is 18.4 Å². The number of hydrogen-bond acceptors (Lipinski definition) is 4. The number of hydrogen-bond donors (Lipinski definition) is 2. The van der Waals surface area contributed by atoms with Gasteiger partial charge >= 0.3 is 0 Å². The van der Waals surface area contributed by atoms with Crippen LogP contribution in [0.3, 0.4) is 0 Å². The van der Waals surface area contributed by atoms with E-state index in [0.29, 0.717) is 17.5 Å². The van der Waals surface area contributed by atoms with E-state index in [1.807, 2.05) is 12.1 Å². The van der Waals surface area contributed by atoms with Gasteiger partial charge in [0.05, 0.1) is 18.2 Å². The fraction of sp³-hybridized carbons (Fsp3) is 0.556. The van der Waals surface area contributed by atoms with Gasteiger partial charge in [-0.25, -0.2) is 4.98 Å². The van der Waals surface area contributed by atoms with Crippen molar-refractivity contribution in [3.8, 4) is 0 Å². The molecule has 0 spiro atoms. The van der Waals surface area contributed by atoms with Gasteiger partial charge in [0.2, 0.25) is 0 Å². The van der Waals surface area contributed by atoms with E-state index in [1.54, 1.807) is 23.1 Å². The first-order chi connectivity index (χ1) is 11.4. The van der Waals surface area contributed by atoms with Crippen LogP contribution in [-0.4, -0.2) is 30.6 Å². The fourth-order valence-corrected chi connectivity index (χ4v) is 4.30. The summed E-state index contributed by atoms with van der Waals surface area (Å²) in [5, 5.41) is 27.3. The van der Waals surface area contributed by atoms with Crippen molar-refractivity contribution in [3.63, 3.8) is 0 Å². The first kappa shape index (κ1) is 17.4. The number of aliphatic hydroxyl groups excluding tert-OH is 1. The molecule has 0 amide bonds. The van der Waals surface area contributed by atoms with Gasteiger partial charge in [-0.2, -0.15) is 5.10 Å². The summed E-state index contributed by atoms with van der Waals surface area (Å²) in [5.74, 6) is 0.171. The number of rotatable bonds is 5. The molecule has 2 N–H and O–H groups in total. The third kappa shape index (κ3) is 3.21. The van der Waals surface area contributed by atoms with E-state index < -0.39 is 11.7 Å². The lowest BCUT2D eigenvalue weighted by Gasteiger charge is -2.39. The minimum Gasteiger partial charge on any atom is -0.388 e. The fourth-order valence-electron chi connectivity index (χ4n) is 4.18. The maximum absolute atomic E-state index is 11.6. The Kier molecular flexibility index (Phi) is 4.95. The summed E-state index contributed by atoms with van der Waals surface area (Å²) >= 11 is 5.94. The normalized spacial score (nSPS) is 28.4. The number of halogens is 1. The Morgan fingerprint density at radius 2 is 1.92 bits per heavy atom. The minimum atomic E-state index is -1.03. The Morgan fingerprint density at radius 3 is 2.50 bits per heavy atom. The molecule has 5 nitrogen and oxygen atoms in total. The lowest BCUT2D eigenvalue weighted by molar-refractivity contribution is -0.102. The molecular weight excluding hydrogens is 326 g/mol. The van der Waals surface area contributed by atoms with Crippen molar-refractivity contribution in [1.82, 2.24) is 14.8 Å². The van der Waals surface area contributed by atoms with E-state index in [9.17, 15) is 10.2 Å². The molecule has 4 unspecified atom stereocenters. The first-order valence-electron chi connectivity index (χ1n) is 8.40. The highest BCUT2D eigenvalue weighted by atomic mass is 35.5. The van der Waals surface area contributed by atoms with Gasteiger partial charge in [0.15, 0.2) is 0 Å². The maximum Gasteiger partial charge on any atom is 0.137 e. The Labute approximate surface area is 147 Å². The molecule has 0 radical (unpaired) electrons. The summed E-state index contributed by atoms with van der Waals surface area (Å²) in [6, 6.07) is 7.19. The number of aliphatic hydroxyl groups is 2. The van der Waals surface area contributed by atoms with E-state index in [1.165, 1.54) is 6.33 Å². The lowest BCUT2D eigenvalue weighted by Crippen LogP contribution is -2.47. The molecule has 1 fully saturated rings. The van der Waals surface area contributed by atoms with Crippen LogP contribution in [0.15, 0.2) is 36.9 Å². The van der Waals surface area contributed by atoms with Gasteiger partial charge in [-0.15, -0.1) is 0 Å². The average molecular weight is 350 g/mol. The van der Waals surface area contributed by atoms with Gasteiger partial charge in [-0.1, -0.05) is 37.6 Å². The molecule has 1 saturated carbocycles. The van der Waals surface area contributed by atoms with Gasteiger partial charge in [0.1, 0.15) is 12.7 Å². The van der Waals surface area contributed by atoms with Gasteiger partial charge in [0, 0.05) is 10.9 Å². The molecule has 1 aromatic heterocycles. The zero-order valence-electron chi connectivity index (χ0n) is 14.0. The molecule has 1 aliphatic rings. The molecule has 3 rings (SSSR count). The van der Waals surface area contributed by atoms with Crippen LogP contribution >= 0.6 is 11.6 Å². The second-order valence-corrected chi connectivity index (χ2v) is 7.55. The zero-order chi connectivity index (χ0) is 17.3. The molecule has 1 heterocycles. The summed E-state index contributed by atoms with van der Waals surface area (Å²) in [6.07, 6.45) is 4.00.